The molecule has 1 aliphatic rings. The average molecular weight is 455 g/mol. The molecule has 2 atom stereocenters. The Morgan fingerprint density at radius 2 is 1.84 bits per heavy atom. The first-order valence-corrected chi connectivity index (χ1v) is 11.3. The SMILES string of the molecule is COC(=O)c1ccc2nn(CC3CCCC(C(=O)c4ccc(Cl)cc4)CC3)cc2c1OC. The van der Waals surface area contributed by atoms with E-state index in [-0.39, 0.29) is 11.7 Å². The lowest BCUT2D eigenvalue weighted by atomic mass is 9.90. The molecule has 4 rings (SSSR count). The highest BCUT2D eigenvalue weighted by molar-refractivity contribution is 6.30. The number of nitrogens with zero attached hydrogens (tertiary/aromatic N) is 2. The lowest BCUT2D eigenvalue weighted by Gasteiger charge is -2.15. The molecule has 168 valence electrons. The highest BCUT2D eigenvalue weighted by atomic mass is 35.5. The molecule has 0 amide bonds. The van der Waals surface area contributed by atoms with E-state index >= 15 is 0 Å². The maximum absolute atomic E-state index is 12.9. The Hall–Kier alpha value is -2.86. The number of benzene rings is 2. The van der Waals surface area contributed by atoms with E-state index in [1.807, 2.05) is 29.1 Å². The van der Waals surface area contributed by atoms with Crippen LogP contribution in [0.5, 0.6) is 5.75 Å². The Bertz CT molecular complexity index is 1120. The van der Waals surface area contributed by atoms with Crippen molar-refractivity contribution in [1.82, 2.24) is 9.78 Å². The standard InChI is InChI=1S/C25H27ClN2O4/c1-31-24-20(25(30)32-2)12-13-22-21(24)15-28(27-22)14-16-4-3-5-17(7-6-16)23(29)18-8-10-19(26)11-9-18/h8-13,15-17H,3-7,14H2,1-2H3. The molecule has 3 aromatic rings. The number of hydrogen-bond donors (Lipinski definition) is 0. The van der Waals surface area contributed by atoms with Gasteiger partial charge in [-0.3, -0.25) is 9.48 Å². The van der Waals surface area contributed by atoms with Crippen LogP contribution in [0.4, 0.5) is 0 Å². The van der Waals surface area contributed by atoms with Crippen molar-refractivity contribution in [3.8, 4) is 5.75 Å². The van der Waals surface area contributed by atoms with Crippen LogP contribution < -0.4 is 4.74 Å². The summed E-state index contributed by atoms with van der Waals surface area (Å²) in [6, 6.07) is 10.7. The van der Waals surface area contributed by atoms with Gasteiger partial charge >= 0.3 is 5.97 Å². The molecule has 1 saturated carbocycles. The Kier molecular flexibility index (Phi) is 6.80. The molecule has 32 heavy (non-hydrogen) atoms. The number of hydrogen-bond acceptors (Lipinski definition) is 5. The summed E-state index contributed by atoms with van der Waals surface area (Å²) in [5.41, 5.74) is 1.91. The Morgan fingerprint density at radius 3 is 2.56 bits per heavy atom. The molecule has 0 saturated heterocycles. The van der Waals surface area contributed by atoms with E-state index in [0.717, 1.165) is 55.1 Å². The van der Waals surface area contributed by atoms with Crippen LogP contribution in [-0.2, 0) is 11.3 Å². The minimum Gasteiger partial charge on any atom is -0.495 e. The minimum absolute atomic E-state index is 0.0561. The molecular weight excluding hydrogens is 428 g/mol. The van der Waals surface area contributed by atoms with E-state index < -0.39 is 5.97 Å². The van der Waals surface area contributed by atoms with E-state index in [1.54, 1.807) is 25.3 Å². The number of Topliss-reactive ketones (excluding diaryl/α,β-unsaturated/α-hetero) is 1. The Morgan fingerprint density at radius 1 is 1.06 bits per heavy atom. The van der Waals surface area contributed by atoms with Gasteiger partial charge in [0.05, 0.1) is 25.1 Å². The van der Waals surface area contributed by atoms with Crippen LogP contribution in [0.1, 0.15) is 52.8 Å². The molecule has 0 aliphatic heterocycles. The fourth-order valence-corrected chi connectivity index (χ4v) is 4.77. The van der Waals surface area contributed by atoms with Crippen molar-refractivity contribution in [2.45, 2.75) is 38.6 Å². The molecule has 2 aromatic carbocycles. The number of ether oxygens (including phenoxy) is 2. The summed E-state index contributed by atoms with van der Waals surface area (Å²) in [6.07, 6.45) is 6.78. The van der Waals surface area contributed by atoms with Crippen LogP contribution in [0.15, 0.2) is 42.6 Å². The first-order valence-electron chi connectivity index (χ1n) is 10.9. The van der Waals surface area contributed by atoms with Crippen LogP contribution in [0, 0.1) is 11.8 Å². The molecule has 1 heterocycles. The van der Waals surface area contributed by atoms with Gasteiger partial charge in [-0.05, 0) is 68.0 Å². The first-order chi connectivity index (χ1) is 15.5. The van der Waals surface area contributed by atoms with Gasteiger partial charge in [0.2, 0.25) is 0 Å². The summed E-state index contributed by atoms with van der Waals surface area (Å²) in [4.78, 5) is 25.0. The molecule has 0 N–H and O–H groups in total. The maximum Gasteiger partial charge on any atom is 0.341 e. The van der Waals surface area contributed by atoms with Crippen molar-refractivity contribution < 1.29 is 19.1 Å². The average Bonchev–Trinajstić information content (AvgIpc) is 3.07. The van der Waals surface area contributed by atoms with E-state index in [1.165, 1.54) is 7.11 Å². The van der Waals surface area contributed by atoms with E-state index in [4.69, 9.17) is 21.1 Å². The Labute approximate surface area is 192 Å². The van der Waals surface area contributed by atoms with Crippen molar-refractivity contribution in [3.63, 3.8) is 0 Å². The normalized spacial score (nSPS) is 18.8. The van der Waals surface area contributed by atoms with Crippen LogP contribution in [-0.4, -0.2) is 35.8 Å². The monoisotopic (exact) mass is 454 g/mol. The molecule has 1 fully saturated rings. The van der Waals surface area contributed by atoms with Gasteiger partial charge in [-0.2, -0.15) is 5.10 Å². The topological polar surface area (TPSA) is 70.4 Å². The molecule has 0 radical (unpaired) electrons. The van der Waals surface area contributed by atoms with Crippen LogP contribution in [0.3, 0.4) is 0 Å². The summed E-state index contributed by atoms with van der Waals surface area (Å²) in [6.45, 7) is 0.771. The number of methoxy groups -OCH3 is 2. The summed E-state index contributed by atoms with van der Waals surface area (Å²) in [7, 11) is 2.90. The molecule has 0 spiro atoms. The fraction of sp³-hybridized carbons (Fsp3) is 0.400. The number of ketones is 1. The van der Waals surface area contributed by atoms with E-state index in [2.05, 4.69) is 5.10 Å². The zero-order valence-corrected chi connectivity index (χ0v) is 19.1. The number of halogens is 1. The van der Waals surface area contributed by atoms with Crippen LogP contribution in [0.25, 0.3) is 10.9 Å². The number of esters is 1. The third kappa shape index (κ3) is 4.65. The van der Waals surface area contributed by atoms with Crippen LogP contribution in [0.2, 0.25) is 5.02 Å². The second-order valence-corrected chi connectivity index (χ2v) is 8.80. The second kappa shape index (κ2) is 9.74. The van der Waals surface area contributed by atoms with Crippen LogP contribution >= 0.6 is 11.6 Å². The number of aromatic nitrogens is 2. The van der Waals surface area contributed by atoms with Gasteiger partial charge in [0.15, 0.2) is 5.78 Å². The van der Waals surface area contributed by atoms with Crippen molar-refractivity contribution in [1.29, 1.82) is 0 Å². The maximum atomic E-state index is 12.9. The van der Waals surface area contributed by atoms with Gasteiger partial charge in [-0.1, -0.05) is 18.0 Å². The van der Waals surface area contributed by atoms with Crippen molar-refractivity contribution in [2.75, 3.05) is 14.2 Å². The summed E-state index contributed by atoms with van der Waals surface area (Å²) < 4.78 is 12.3. The third-order valence-electron chi connectivity index (χ3n) is 6.33. The predicted molar refractivity (Wildman–Crippen MR) is 123 cm³/mol. The zero-order chi connectivity index (χ0) is 22.7. The van der Waals surface area contributed by atoms with Gasteiger partial charge in [0.1, 0.15) is 11.3 Å². The summed E-state index contributed by atoms with van der Waals surface area (Å²) in [5, 5.41) is 6.12. The quantitative estimate of drug-likeness (QED) is 0.277. The van der Waals surface area contributed by atoms with Crippen molar-refractivity contribution in [2.24, 2.45) is 11.8 Å². The largest absolute Gasteiger partial charge is 0.495 e. The number of fused-ring (bicyclic) bond motifs is 1. The summed E-state index contributed by atoms with van der Waals surface area (Å²) >= 11 is 5.95. The molecule has 7 heteroatoms. The molecule has 0 bridgehead atoms. The fourth-order valence-electron chi connectivity index (χ4n) is 4.64. The predicted octanol–water partition coefficient (Wildman–Crippen LogP) is 5.56. The second-order valence-electron chi connectivity index (χ2n) is 8.36. The van der Waals surface area contributed by atoms with E-state index in [9.17, 15) is 9.59 Å². The summed E-state index contributed by atoms with van der Waals surface area (Å²) in [5.74, 6) is 0.762. The molecular formula is C25H27ClN2O4. The molecule has 1 aromatic heterocycles. The highest BCUT2D eigenvalue weighted by Crippen LogP contribution is 2.33. The molecule has 1 aliphatic carbocycles. The Balaban J connectivity index is 1.46. The van der Waals surface area contributed by atoms with Crippen molar-refractivity contribution in [3.05, 3.63) is 58.7 Å². The van der Waals surface area contributed by atoms with Gasteiger partial charge < -0.3 is 9.47 Å². The van der Waals surface area contributed by atoms with Gasteiger partial charge in [-0.15, -0.1) is 0 Å². The molecule has 6 nitrogen and oxygen atoms in total. The number of rotatable bonds is 6. The van der Waals surface area contributed by atoms with Gasteiger partial charge in [0, 0.05) is 29.2 Å². The third-order valence-corrected chi connectivity index (χ3v) is 6.58. The molecule has 2 unspecified atom stereocenters. The highest BCUT2D eigenvalue weighted by Gasteiger charge is 2.26. The van der Waals surface area contributed by atoms with Crippen molar-refractivity contribution >= 4 is 34.3 Å². The lowest BCUT2D eigenvalue weighted by molar-refractivity contribution is 0.0597. The zero-order valence-electron chi connectivity index (χ0n) is 18.3. The van der Waals surface area contributed by atoms with E-state index in [0.29, 0.717) is 22.3 Å². The number of carbonyl (C=O) groups is 2. The van der Waals surface area contributed by atoms with Gasteiger partial charge in [-0.25, -0.2) is 4.79 Å². The number of carbonyl (C=O) groups excluding carboxylic acids is 2. The smallest absolute Gasteiger partial charge is 0.341 e. The lowest BCUT2D eigenvalue weighted by Crippen LogP contribution is -2.15. The van der Waals surface area contributed by atoms with Gasteiger partial charge in [0.25, 0.3) is 0 Å². The first kappa shape index (κ1) is 22.3. The minimum atomic E-state index is -0.434.